The van der Waals surface area contributed by atoms with Crippen molar-refractivity contribution < 1.29 is 24.4 Å². The SMILES string of the molecule is O=C1C[C@H]2[C@@H](C[N+](=O)[O-])[C@@H](C(=O)O)C[C@H]2O1. The van der Waals surface area contributed by atoms with Crippen molar-refractivity contribution in [2.45, 2.75) is 18.9 Å². The largest absolute Gasteiger partial charge is 0.481 e. The number of hydrogen-bond acceptors (Lipinski definition) is 5. The zero-order valence-electron chi connectivity index (χ0n) is 8.37. The van der Waals surface area contributed by atoms with Crippen molar-refractivity contribution in [2.75, 3.05) is 6.54 Å². The van der Waals surface area contributed by atoms with Crippen molar-refractivity contribution in [1.29, 1.82) is 0 Å². The number of carboxylic acid groups (broad SMARTS) is 1. The zero-order valence-corrected chi connectivity index (χ0v) is 8.37. The molecule has 1 saturated carbocycles. The van der Waals surface area contributed by atoms with Crippen LogP contribution in [0.2, 0.25) is 0 Å². The number of carbonyl (C=O) groups is 2. The van der Waals surface area contributed by atoms with Crippen molar-refractivity contribution in [3.05, 3.63) is 10.1 Å². The second kappa shape index (κ2) is 3.73. The Bertz CT molecular complexity index is 354. The molecule has 2 rings (SSSR count). The molecule has 0 amide bonds. The van der Waals surface area contributed by atoms with Crippen molar-refractivity contribution >= 4 is 11.9 Å². The molecule has 0 bridgehead atoms. The summed E-state index contributed by atoms with van der Waals surface area (Å²) in [6.07, 6.45) is -0.143. The number of hydrogen-bond donors (Lipinski definition) is 1. The van der Waals surface area contributed by atoms with Crippen LogP contribution in [0.25, 0.3) is 0 Å². The summed E-state index contributed by atoms with van der Waals surface area (Å²) in [5.41, 5.74) is 0. The fourth-order valence-corrected chi connectivity index (χ4v) is 2.72. The summed E-state index contributed by atoms with van der Waals surface area (Å²) in [5, 5.41) is 19.4. The first-order chi connectivity index (χ1) is 7.49. The Kier molecular flexibility index (Phi) is 2.53. The first-order valence-electron chi connectivity index (χ1n) is 5.03. The van der Waals surface area contributed by atoms with Gasteiger partial charge in [0.2, 0.25) is 6.54 Å². The minimum absolute atomic E-state index is 0.104. The molecule has 1 aliphatic carbocycles. The third-order valence-electron chi connectivity index (χ3n) is 3.39. The number of nitro groups is 1. The van der Waals surface area contributed by atoms with Gasteiger partial charge in [-0.1, -0.05) is 0 Å². The molecule has 0 aromatic carbocycles. The summed E-state index contributed by atoms with van der Waals surface area (Å²) in [7, 11) is 0. The maximum atomic E-state index is 11.0. The normalized spacial score (nSPS) is 36.9. The number of esters is 1. The molecule has 1 aliphatic heterocycles. The predicted molar refractivity (Wildman–Crippen MR) is 49.1 cm³/mol. The van der Waals surface area contributed by atoms with E-state index in [4.69, 9.17) is 9.84 Å². The Labute approximate surface area is 90.5 Å². The third-order valence-corrected chi connectivity index (χ3v) is 3.39. The molecule has 1 heterocycles. The first-order valence-corrected chi connectivity index (χ1v) is 5.03. The third kappa shape index (κ3) is 1.72. The molecule has 0 spiro atoms. The van der Waals surface area contributed by atoms with Crippen LogP contribution in [0.1, 0.15) is 12.8 Å². The minimum Gasteiger partial charge on any atom is -0.481 e. The second-order valence-electron chi connectivity index (χ2n) is 4.26. The van der Waals surface area contributed by atoms with Gasteiger partial charge < -0.3 is 9.84 Å². The number of fused-ring (bicyclic) bond motifs is 1. The average Bonchev–Trinajstić information content (AvgIpc) is 2.63. The Morgan fingerprint density at radius 1 is 1.62 bits per heavy atom. The maximum Gasteiger partial charge on any atom is 0.307 e. The number of ether oxygens (including phenoxy) is 1. The number of nitrogens with zero attached hydrogens (tertiary/aromatic N) is 1. The zero-order chi connectivity index (χ0) is 11.9. The average molecular weight is 229 g/mol. The number of carbonyl (C=O) groups excluding carboxylic acids is 1. The Balaban J connectivity index is 2.17. The molecule has 0 radical (unpaired) electrons. The van der Waals surface area contributed by atoms with E-state index >= 15 is 0 Å². The fraction of sp³-hybridized carbons (Fsp3) is 0.778. The van der Waals surface area contributed by atoms with Crippen LogP contribution in [0.3, 0.4) is 0 Å². The lowest BCUT2D eigenvalue weighted by Gasteiger charge is -2.14. The number of carboxylic acids is 1. The van der Waals surface area contributed by atoms with Crippen molar-refractivity contribution in [3.63, 3.8) is 0 Å². The topological polar surface area (TPSA) is 107 Å². The van der Waals surface area contributed by atoms with Crippen LogP contribution in [0.15, 0.2) is 0 Å². The van der Waals surface area contributed by atoms with Crippen LogP contribution in [0.5, 0.6) is 0 Å². The van der Waals surface area contributed by atoms with E-state index in [0.717, 1.165) is 0 Å². The van der Waals surface area contributed by atoms with E-state index in [2.05, 4.69) is 0 Å². The molecule has 0 unspecified atom stereocenters. The highest BCUT2D eigenvalue weighted by Crippen LogP contribution is 2.44. The van der Waals surface area contributed by atoms with E-state index in [0.29, 0.717) is 0 Å². The van der Waals surface area contributed by atoms with Crippen LogP contribution in [0.4, 0.5) is 0 Å². The molecular formula is C9H11NO6. The van der Waals surface area contributed by atoms with Crippen molar-refractivity contribution in [2.24, 2.45) is 17.8 Å². The van der Waals surface area contributed by atoms with Crippen molar-refractivity contribution in [1.82, 2.24) is 0 Å². The van der Waals surface area contributed by atoms with Gasteiger partial charge in [0, 0.05) is 16.8 Å². The molecule has 7 heteroatoms. The Morgan fingerprint density at radius 2 is 2.31 bits per heavy atom. The van der Waals surface area contributed by atoms with Gasteiger partial charge in [0.05, 0.1) is 12.3 Å². The molecule has 1 N–H and O–H groups in total. The van der Waals surface area contributed by atoms with Crippen LogP contribution in [-0.2, 0) is 14.3 Å². The highest BCUT2D eigenvalue weighted by Gasteiger charge is 2.54. The monoisotopic (exact) mass is 229 g/mol. The summed E-state index contributed by atoms with van der Waals surface area (Å²) in [5.74, 6) is -3.10. The Morgan fingerprint density at radius 3 is 2.88 bits per heavy atom. The van der Waals surface area contributed by atoms with E-state index < -0.39 is 35.4 Å². The first kappa shape index (κ1) is 10.8. The quantitative estimate of drug-likeness (QED) is 0.412. The molecule has 16 heavy (non-hydrogen) atoms. The van der Waals surface area contributed by atoms with Gasteiger partial charge in [-0.05, 0) is 6.42 Å². The summed E-state index contributed by atoms with van der Waals surface area (Å²) in [6.45, 7) is -0.408. The van der Waals surface area contributed by atoms with E-state index in [1.807, 2.05) is 0 Å². The smallest absolute Gasteiger partial charge is 0.307 e. The summed E-state index contributed by atoms with van der Waals surface area (Å²) < 4.78 is 4.95. The lowest BCUT2D eigenvalue weighted by molar-refractivity contribution is -0.490. The van der Waals surface area contributed by atoms with Gasteiger partial charge in [-0.25, -0.2) is 0 Å². The summed E-state index contributed by atoms with van der Waals surface area (Å²) in [6, 6.07) is 0. The standard InChI is InChI=1S/C9H11NO6/c11-8-2-4-6(3-10(14)15)5(9(12)13)1-7(4)16-8/h4-7H,1-3H2,(H,12,13)/t4-,5-,6+,7+/m0/s1. The molecule has 88 valence electrons. The van der Waals surface area contributed by atoms with Gasteiger partial charge in [-0.3, -0.25) is 19.7 Å². The van der Waals surface area contributed by atoms with E-state index in [-0.39, 0.29) is 24.7 Å². The van der Waals surface area contributed by atoms with Gasteiger partial charge in [0.1, 0.15) is 6.10 Å². The fourth-order valence-electron chi connectivity index (χ4n) is 2.72. The van der Waals surface area contributed by atoms with E-state index in [1.54, 1.807) is 0 Å². The van der Waals surface area contributed by atoms with Crippen LogP contribution >= 0.6 is 0 Å². The summed E-state index contributed by atoms with van der Waals surface area (Å²) in [4.78, 5) is 31.9. The van der Waals surface area contributed by atoms with Gasteiger partial charge in [0.15, 0.2) is 0 Å². The second-order valence-corrected chi connectivity index (χ2v) is 4.26. The Hall–Kier alpha value is -1.66. The minimum atomic E-state index is -1.04. The van der Waals surface area contributed by atoms with Gasteiger partial charge in [-0.15, -0.1) is 0 Å². The lowest BCUT2D eigenvalue weighted by atomic mass is 9.88. The molecule has 2 aliphatic rings. The van der Waals surface area contributed by atoms with Gasteiger partial charge in [-0.2, -0.15) is 0 Å². The molecule has 1 saturated heterocycles. The maximum absolute atomic E-state index is 11.0. The highest BCUT2D eigenvalue weighted by molar-refractivity contribution is 5.75. The van der Waals surface area contributed by atoms with Crippen molar-refractivity contribution in [3.8, 4) is 0 Å². The lowest BCUT2D eigenvalue weighted by Crippen LogP contribution is -2.29. The molecular weight excluding hydrogens is 218 g/mol. The number of aliphatic carboxylic acids is 1. The van der Waals surface area contributed by atoms with E-state index in [9.17, 15) is 19.7 Å². The van der Waals surface area contributed by atoms with Gasteiger partial charge >= 0.3 is 11.9 Å². The predicted octanol–water partition coefficient (Wildman–Crippen LogP) is -0.0845. The van der Waals surface area contributed by atoms with Crippen LogP contribution in [-0.4, -0.2) is 34.6 Å². The van der Waals surface area contributed by atoms with Gasteiger partial charge in [0.25, 0.3) is 0 Å². The van der Waals surface area contributed by atoms with E-state index in [1.165, 1.54) is 0 Å². The number of rotatable bonds is 3. The molecule has 2 fully saturated rings. The molecule has 0 aromatic heterocycles. The molecule has 7 nitrogen and oxygen atoms in total. The highest BCUT2D eigenvalue weighted by atomic mass is 16.6. The molecule has 4 atom stereocenters. The van der Waals surface area contributed by atoms with Crippen LogP contribution < -0.4 is 0 Å². The summed E-state index contributed by atoms with van der Waals surface area (Å²) >= 11 is 0. The van der Waals surface area contributed by atoms with Crippen LogP contribution in [0, 0.1) is 27.9 Å². The molecule has 0 aromatic rings.